The minimum Gasteiger partial charge on any atom is -0.271 e. The second kappa shape index (κ2) is 4.83. The first kappa shape index (κ1) is 12.3. The van der Waals surface area contributed by atoms with Gasteiger partial charge >= 0.3 is 0 Å². The molecule has 104 valence electrons. The van der Waals surface area contributed by atoms with Crippen LogP contribution in [0.5, 0.6) is 0 Å². The quantitative estimate of drug-likeness (QED) is 0.663. The van der Waals surface area contributed by atoms with Crippen molar-refractivity contribution in [2.24, 2.45) is 23.6 Å². The second-order valence-corrected chi connectivity index (χ2v) is 6.43. The predicted molar refractivity (Wildman–Crippen MR) is 80.7 cm³/mol. The summed E-state index contributed by atoms with van der Waals surface area (Å²) in [7, 11) is 0. The van der Waals surface area contributed by atoms with Crippen LogP contribution in [0.15, 0.2) is 36.7 Å². The largest absolute Gasteiger partial charge is 0.271 e. The standard InChI is InChI=1S/C17H21N3/c18-20-17(15-8-11-5-6-12(15)7-11)16-10-19-9-13-3-1-2-4-14(13)16/h1-4,9-12,15,17,20H,5-8,18H2. The lowest BCUT2D eigenvalue weighted by molar-refractivity contribution is 0.253. The van der Waals surface area contributed by atoms with Gasteiger partial charge < -0.3 is 0 Å². The van der Waals surface area contributed by atoms with Crippen LogP contribution in [0, 0.1) is 17.8 Å². The minimum absolute atomic E-state index is 0.240. The van der Waals surface area contributed by atoms with Crippen molar-refractivity contribution in [3.8, 4) is 0 Å². The Labute approximate surface area is 119 Å². The lowest BCUT2D eigenvalue weighted by atomic mass is 9.80. The minimum atomic E-state index is 0.240. The predicted octanol–water partition coefficient (Wildman–Crippen LogP) is 3.18. The van der Waals surface area contributed by atoms with E-state index in [-0.39, 0.29) is 6.04 Å². The SMILES string of the molecule is NNC(c1cncc2ccccc12)C1CC2CCC1C2. The molecule has 4 rings (SSSR count). The van der Waals surface area contributed by atoms with Crippen molar-refractivity contribution < 1.29 is 0 Å². The molecule has 0 saturated heterocycles. The zero-order valence-electron chi connectivity index (χ0n) is 11.6. The number of nitrogens with one attached hydrogen (secondary N) is 1. The van der Waals surface area contributed by atoms with Crippen LogP contribution in [-0.2, 0) is 0 Å². The molecule has 20 heavy (non-hydrogen) atoms. The molecule has 1 heterocycles. The highest BCUT2D eigenvalue weighted by Gasteiger charge is 2.43. The third-order valence-electron chi connectivity index (χ3n) is 5.43. The maximum Gasteiger partial charge on any atom is 0.0512 e. The van der Waals surface area contributed by atoms with Crippen molar-refractivity contribution in [1.29, 1.82) is 0 Å². The molecular formula is C17H21N3. The highest BCUT2D eigenvalue weighted by atomic mass is 15.2. The Morgan fingerprint density at radius 2 is 2.05 bits per heavy atom. The fourth-order valence-corrected chi connectivity index (χ4v) is 4.53. The highest BCUT2D eigenvalue weighted by Crippen LogP contribution is 2.52. The van der Waals surface area contributed by atoms with Crippen LogP contribution in [-0.4, -0.2) is 4.98 Å². The van der Waals surface area contributed by atoms with Gasteiger partial charge in [0.15, 0.2) is 0 Å². The Bertz CT molecular complexity index is 619. The summed E-state index contributed by atoms with van der Waals surface area (Å²) in [5, 5.41) is 2.49. The smallest absolute Gasteiger partial charge is 0.0512 e. The molecule has 3 heteroatoms. The van der Waals surface area contributed by atoms with Gasteiger partial charge in [-0.15, -0.1) is 0 Å². The van der Waals surface area contributed by atoms with E-state index in [4.69, 9.17) is 5.84 Å². The Hall–Kier alpha value is -1.45. The lowest BCUT2D eigenvalue weighted by Gasteiger charge is -2.30. The van der Waals surface area contributed by atoms with Gasteiger partial charge in [-0.1, -0.05) is 30.7 Å². The molecule has 3 nitrogen and oxygen atoms in total. The van der Waals surface area contributed by atoms with Crippen molar-refractivity contribution in [2.75, 3.05) is 0 Å². The van der Waals surface area contributed by atoms with Crippen molar-refractivity contribution in [3.63, 3.8) is 0 Å². The Morgan fingerprint density at radius 1 is 1.15 bits per heavy atom. The van der Waals surface area contributed by atoms with Gasteiger partial charge in [0.2, 0.25) is 0 Å². The first-order valence-corrected chi connectivity index (χ1v) is 7.65. The van der Waals surface area contributed by atoms with E-state index in [9.17, 15) is 0 Å². The van der Waals surface area contributed by atoms with E-state index in [2.05, 4.69) is 34.7 Å². The third kappa shape index (κ3) is 1.85. The van der Waals surface area contributed by atoms with Crippen LogP contribution in [0.1, 0.15) is 37.3 Å². The van der Waals surface area contributed by atoms with Crippen LogP contribution in [0.3, 0.4) is 0 Å². The van der Waals surface area contributed by atoms with Gasteiger partial charge in [0.25, 0.3) is 0 Å². The number of nitrogens with zero attached hydrogens (tertiary/aromatic N) is 1. The van der Waals surface area contributed by atoms with E-state index in [1.165, 1.54) is 42.0 Å². The average Bonchev–Trinajstić information content (AvgIpc) is 3.11. The summed E-state index contributed by atoms with van der Waals surface area (Å²) in [6.45, 7) is 0. The Morgan fingerprint density at radius 3 is 2.80 bits per heavy atom. The van der Waals surface area contributed by atoms with Crippen molar-refractivity contribution >= 4 is 10.8 Å². The van der Waals surface area contributed by atoms with Gasteiger partial charge in [0.1, 0.15) is 0 Å². The van der Waals surface area contributed by atoms with Crippen LogP contribution in [0.2, 0.25) is 0 Å². The Balaban J connectivity index is 1.76. The number of hydrogen-bond donors (Lipinski definition) is 2. The summed E-state index contributed by atoms with van der Waals surface area (Å²) >= 11 is 0. The molecule has 2 bridgehead atoms. The normalized spacial score (nSPS) is 29.9. The fourth-order valence-electron chi connectivity index (χ4n) is 4.53. The highest BCUT2D eigenvalue weighted by molar-refractivity contribution is 5.85. The van der Waals surface area contributed by atoms with E-state index in [0.29, 0.717) is 5.92 Å². The third-order valence-corrected chi connectivity index (χ3v) is 5.43. The molecule has 1 aromatic heterocycles. The summed E-state index contributed by atoms with van der Waals surface area (Å²) in [5.41, 5.74) is 4.36. The fraction of sp³-hybridized carbons (Fsp3) is 0.471. The number of hydrazine groups is 1. The average molecular weight is 267 g/mol. The van der Waals surface area contributed by atoms with Crippen molar-refractivity contribution in [1.82, 2.24) is 10.4 Å². The summed E-state index contributed by atoms with van der Waals surface area (Å²) < 4.78 is 0. The molecule has 4 unspecified atom stereocenters. The number of benzene rings is 1. The van der Waals surface area contributed by atoms with Crippen molar-refractivity contribution in [2.45, 2.75) is 31.7 Å². The van der Waals surface area contributed by atoms with Crippen LogP contribution >= 0.6 is 0 Å². The van der Waals surface area contributed by atoms with Crippen LogP contribution < -0.4 is 11.3 Å². The molecular weight excluding hydrogens is 246 g/mol. The topological polar surface area (TPSA) is 50.9 Å². The molecule has 2 aliphatic rings. The molecule has 0 aliphatic heterocycles. The molecule has 0 spiro atoms. The van der Waals surface area contributed by atoms with Gasteiger partial charge in [0.05, 0.1) is 6.04 Å². The zero-order chi connectivity index (χ0) is 13.5. The van der Waals surface area contributed by atoms with E-state index < -0.39 is 0 Å². The summed E-state index contributed by atoms with van der Waals surface area (Å²) in [5.74, 6) is 8.38. The number of aromatic nitrogens is 1. The second-order valence-electron chi connectivity index (χ2n) is 6.43. The van der Waals surface area contributed by atoms with E-state index in [1.807, 2.05) is 12.4 Å². The van der Waals surface area contributed by atoms with E-state index >= 15 is 0 Å². The molecule has 2 fully saturated rings. The first-order chi connectivity index (χ1) is 9.86. The molecule has 2 saturated carbocycles. The van der Waals surface area contributed by atoms with E-state index in [0.717, 1.165) is 11.8 Å². The molecule has 2 aliphatic carbocycles. The number of rotatable bonds is 3. The van der Waals surface area contributed by atoms with E-state index in [1.54, 1.807) is 0 Å². The van der Waals surface area contributed by atoms with Gasteiger partial charge in [-0.25, -0.2) is 0 Å². The summed E-state index contributed by atoms with van der Waals surface area (Å²) in [6.07, 6.45) is 9.47. The van der Waals surface area contributed by atoms with Gasteiger partial charge in [-0.2, -0.15) is 0 Å². The molecule has 0 radical (unpaired) electrons. The zero-order valence-corrected chi connectivity index (χ0v) is 11.6. The molecule has 4 atom stereocenters. The van der Waals surface area contributed by atoms with Crippen molar-refractivity contribution in [3.05, 3.63) is 42.2 Å². The first-order valence-electron chi connectivity index (χ1n) is 7.65. The lowest BCUT2D eigenvalue weighted by Crippen LogP contribution is -2.36. The van der Waals surface area contributed by atoms with Crippen LogP contribution in [0.4, 0.5) is 0 Å². The number of hydrogen-bond acceptors (Lipinski definition) is 3. The summed E-state index contributed by atoms with van der Waals surface area (Å²) in [4.78, 5) is 4.42. The monoisotopic (exact) mass is 267 g/mol. The molecule has 1 aromatic carbocycles. The number of pyridine rings is 1. The maximum absolute atomic E-state index is 5.93. The molecule has 3 N–H and O–H groups in total. The van der Waals surface area contributed by atoms with Gasteiger partial charge in [-0.05, 0) is 48.0 Å². The number of fused-ring (bicyclic) bond motifs is 3. The summed E-state index contributed by atoms with van der Waals surface area (Å²) in [6, 6.07) is 8.71. The number of nitrogens with two attached hydrogens (primary N) is 1. The Kier molecular flexibility index (Phi) is 2.97. The van der Waals surface area contributed by atoms with Crippen LogP contribution in [0.25, 0.3) is 10.8 Å². The molecule has 2 aromatic rings. The molecule has 0 amide bonds. The maximum atomic E-state index is 5.93. The van der Waals surface area contributed by atoms with Gasteiger partial charge in [-0.3, -0.25) is 16.3 Å². The van der Waals surface area contributed by atoms with Gasteiger partial charge in [0, 0.05) is 17.8 Å².